The standard InChI is InChI=1S/C18H25N3/c1-14-9-18(2,3)10-17(14)20-16-11-19-21(13-16)12-15-7-5-4-6-8-15/h4-8,11,13-14,17,20H,9-10,12H2,1-3H3. The highest BCUT2D eigenvalue weighted by atomic mass is 15.3. The average molecular weight is 283 g/mol. The van der Waals surface area contributed by atoms with Crippen LogP contribution in [0, 0.1) is 11.3 Å². The van der Waals surface area contributed by atoms with Crippen LogP contribution in [0.2, 0.25) is 0 Å². The fraction of sp³-hybridized carbons (Fsp3) is 0.500. The molecular weight excluding hydrogens is 258 g/mol. The lowest BCUT2D eigenvalue weighted by Crippen LogP contribution is -2.22. The van der Waals surface area contributed by atoms with E-state index in [2.05, 4.69) is 61.6 Å². The van der Waals surface area contributed by atoms with Crippen LogP contribution >= 0.6 is 0 Å². The van der Waals surface area contributed by atoms with Crippen LogP contribution in [0.5, 0.6) is 0 Å². The van der Waals surface area contributed by atoms with Crippen LogP contribution in [0.1, 0.15) is 39.2 Å². The van der Waals surface area contributed by atoms with Crippen molar-refractivity contribution in [3.63, 3.8) is 0 Å². The molecule has 0 radical (unpaired) electrons. The molecule has 0 bridgehead atoms. The van der Waals surface area contributed by atoms with E-state index in [9.17, 15) is 0 Å². The molecule has 1 fully saturated rings. The Morgan fingerprint density at radius 3 is 2.67 bits per heavy atom. The van der Waals surface area contributed by atoms with Crippen LogP contribution in [0.3, 0.4) is 0 Å². The average Bonchev–Trinajstić information content (AvgIpc) is 2.95. The van der Waals surface area contributed by atoms with Crippen LogP contribution in [0.15, 0.2) is 42.7 Å². The Balaban J connectivity index is 1.63. The lowest BCUT2D eigenvalue weighted by atomic mass is 9.91. The Bertz CT molecular complexity index is 586. The van der Waals surface area contributed by atoms with Crippen molar-refractivity contribution in [2.75, 3.05) is 5.32 Å². The number of benzene rings is 1. The quantitative estimate of drug-likeness (QED) is 0.912. The Hall–Kier alpha value is -1.77. The molecule has 2 unspecified atom stereocenters. The summed E-state index contributed by atoms with van der Waals surface area (Å²) in [5.74, 6) is 0.720. The summed E-state index contributed by atoms with van der Waals surface area (Å²) in [5, 5.41) is 8.14. The summed E-state index contributed by atoms with van der Waals surface area (Å²) in [7, 11) is 0. The smallest absolute Gasteiger partial charge is 0.0728 e. The topological polar surface area (TPSA) is 29.9 Å². The van der Waals surface area contributed by atoms with Crippen molar-refractivity contribution < 1.29 is 0 Å². The van der Waals surface area contributed by atoms with Crippen molar-refractivity contribution in [1.29, 1.82) is 0 Å². The molecule has 1 aromatic carbocycles. The van der Waals surface area contributed by atoms with E-state index in [1.165, 1.54) is 18.4 Å². The normalized spacial score (nSPS) is 24.1. The number of nitrogens with one attached hydrogen (secondary N) is 1. The zero-order chi connectivity index (χ0) is 14.9. The Labute approximate surface area is 127 Å². The maximum atomic E-state index is 4.47. The fourth-order valence-corrected chi connectivity index (χ4v) is 3.60. The van der Waals surface area contributed by atoms with E-state index < -0.39 is 0 Å². The minimum atomic E-state index is 0.455. The minimum Gasteiger partial charge on any atom is -0.379 e. The third-order valence-corrected chi connectivity index (χ3v) is 4.51. The summed E-state index contributed by atoms with van der Waals surface area (Å²) < 4.78 is 2.00. The van der Waals surface area contributed by atoms with Gasteiger partial charge in [-0.05, 0) is 29.7 Å². The van der Waals surface area contributed by atoms with Gasteiger partial charge in [-0.3, -0.25) is 4.68 Å². The zero-order valence-electron chi connectivity index (χ0n) is 13.2. The van der Waals surface area contributed by atoms with E-state index in [4.69, 9.17) is 0 Å². The van der Waals surface area contributed by atoms with E-state index in [-0.39, 0.29) is 0 Å². The lowest BCUT2D eigenvalue weighted by Gasteiger charge is -2.18. The van der Waals surface area contributed by atoms with Crippen molar-refractivity contribution in [2.24, 2.45) is 11.3 Å². The van der Waals surface area contributed by atoms with Gasteiger partial charge in [0.2, 0.25) is 0 Å². The molecular formula is C18H25N3. The van der Waals surface area contributed by atoms with Crippen LogP contribution in [0.4, 0.5) is 5.69 Å². The zero-order valence-corrected chi connectivity index (χ0v) is 13.2. The molecule has 2 aromatic rings. The molecule has 0 spiro atoms. The highest BCUT2D eigenvalue weighted by Crippen LogP contribution is 2.42. The summed E-state index contributed by atoms with van der Waals surface area (Å²) in [6.45, 7) is 7.91. The van der Waals surface area contributed by atoms with Crippen LogP contribution in [-0.2, 0) is 6.54 Å². The van der Waals surface area contributed by atoms with Gasteiger partial charge in [-0.15, -0.1) is 0 Å². The van der Waals surface area contributed by atoms with Crippen molar-refractivity contribution >= 4 is 5.69 Å². The summed E-state index contributed by atoms with van der Waals surface area (Å²) in [6, 6.07) is 11.0. The molecule has 3 nitrogen and oxygen atoms in total. The molecule has 1 heterocycles. The van der Waals surface area contributed by atoms with Gasteiger partial charge in [0.15, 0.2) is 0 Å². The van der Waals surface area contributed by atoms with Crippen molar-refractivity contribution in [2.45, 2.75) is 46.2 Å². The molecule has 0 saturated heterocycles. The third-order valence-electron chi connectivity index (χ3n) is 4.51. The molecule has 112 valence electrons. The van der Waals surface area contributed by atoms with Gasteiger partial charge >= 0.3 is 0 Å². The molecule has 3 heteroatoms. The number of aromatic nitrogens is 2. The number of anilines is 1. The lowest BCUT2D eigenvalue weighted by molar-refractivity contribution is 0.366. The van der Waals surface area contributed by atoms with E-state index in [0.717, 1.165) is 18.2 Å². The van der Waals surface area contributed by atoms with Crippen LogP contribution in [0.25, 0.3) is 0 Å². The highest BCUT2D eigenvalue weighted by Gasteiger charge is 2.36. The maximum Gasteiger partial charge on any atom is 0.0728 e. The van der Waals surface area contributed by atoms with Crippen LogP contribution < -0.4 is 5.32 Å². The molecule has 1 N–H and O–H groups in total. The summed E-state index contributed by atoms with van der Waals surface area (Å²) >= 11 is 0. The molecule has 2 atom stereocenters. The molecule has 21 heavy (non-hydrogen) atoms. The van der Waals surface area contributed by atoms with Gasteiger partial charge in [0.25, 0.3) is 0 Å². The largest absolute Gasteiger partial charge is 0.379 e. The fourth-order valence-electron chi connectivity index (χ4n) is 3.60. The van der Waals surface area contributed by atoms with Gasteiger partial charge < -0.3 is 5.32 Å². The monoisotopic (exact) mass is 283 g/mol. The van der Waals surface area contributed by atoms with Crippen molar-refractivity contribution in [3.8, 4) is 0 Å². The number of rotatable bonds is 4. The second-order valence-electron chi connectivity index (χ2n) is 7.21. The van der Waals surface area contributed by atoms with Gasteiger partial charge in [-0.2, -0.15) is 5.10 Å². The summed E-state index contributed by atoms with van der Waals surface area (Å²) in [4.78, 5) is 0. The first kappa shape index (κ1) is 14.2. The maximum absolute atomic E-state index is 4.47. The predicted molar refractivity (Wildman–Crippen MR) is 87.4 cm³/mol. The number of nitrogens with zero attached hydrogens (tertiary/aromatic N) is 2. The summed E-state index contributed by atoms with van der Waals surface area (Å²) in [5.41, 5.74) is 2.87. The van der Waals surface area contributed by atoms with Gasteiger partial charge in [0.1, 0.15) is 0 Å². The van der Waals surface area contributed by atoms with E-state index in [1.54, 1.807) is 0 Å². The first-order valence-corrected chi connectivity index (χ1v) is 7.85. The molecule has 1 aliphatic rings. The molecule has 0 aliphatic heterocycles. The second-order valence-corrected chi connectivity index (χ2v) is 7.21. The highest BCUT2D eigenvalue weighted by molar-refractivity contribution is 5.40. The van der Waals surface area contributed by atoms with Crippen molar-refractivity contribution in [3.05, 3.63) is 48.3 Å². The molecule has 1 saturated carbocycles. The van der Waals surface area contributed by atoms with Gasteiger partial charge in [0.05, 0.1) is 18.4 Å². The van der Waals surface area contributed by atoms with Crippen LogP contribution in [-0.4, -0.2) is 15.8 Å². The Morgan fingerprint density at radius 1 is 1.24 bits per heavy atom. The van der Waals surface area contributed by atoms with E-state index in [0.29, 0.717) is 11.5 Å². The Kier molecular flexibility index (Phi) is 3.75. The molecule has 1 aliphatic carbocycles. The molecule has 0 amide bonds. The van der Waals surface area contributed by atoms with E-state index >= 15 is 0 Å². The number of hydrogen-bond donors (Lipinski definition) is 1. The third kappa shape index (κ3) is 3.46. The summed E-state index contributed by atoms with van der Waals surface area (Å²) in [6.07, 6.45) is 6.59. The predicted octanol–water partition coefficient (Wildman–Crippen LogP) is 4.17. The van der Waals surface area contributed by atoms with Crippen molar-refractivity contribution in [1.82, 2.24) is 9.78 Å². The Morgan fingerprint density at radius 2 is 2.00 bits per heavy atom. The SMILES string of the molecule is CC1CC(C)(C)CC1Nc1cnn(Cc2ccccc2)c1. The first-order chi connectivity index (χ1) is 10.0. The van der Waals surface area contributed by atoms with Gasteiger partial charge in [-0.1, -0.05) is 51.1 Å². The molecule has 3 rings (SSSR count). The minimum absolute atomic E-state index is 0.455. The van der Waals surface area contributed by atoms with Gasteiger partial charge in [-0.25, -0.2) is 0 Å². The van der Waals surface area contributed by atoms with Gasteiger partial charge in [0, 0.05) is 12.2 Å². The first-order valence-electron chi connectivity index (χ1n) is 7.85. The molecule has 1 aromatic heterocycles. The van der Waals surface area contributed by atoms with E-state index in [1.807, 2.05) is 16.9 Å². The number of hydrogen-bond acceptors (Lipinski definition) is 2. The second kappa shape index (κ2) is 5.55.